The Hall–Kier alpha value is -4.74. The Kier molecular flexibility index (Phi) is 10.1. The molecule has 2 aromatic heterocycles. The molecular formula is C31H32ClN5O6. The molecule has 1 unspecified atom stereocenters. The highest BCUT2D eigenvalue weighted by molar-refractivity contribution is 6.30. The van der Waals surface area contributed by atoms with Gasteiger partial charge in [0.25, 0.3) is 5.91 Å². The monoisotopic (exact) mass is 605 g/mol. The van der Waals surface area contributed by atoms with Crippen molar-refractivity contribution in [3.8, 4) is 22.8 Å². The first-order valence-electron chi connectivity index (χ1n) is 13.6. The summed E-state index contributed by atoms with van der Waals surface area (Å²) in [6.07, 6.45) is -0.109. The fourth-order valence-corrected chi connectivity index (χ4v) is 4.51. The van der Waals surface area contributed by atoms with Crippen LogP contribution in [0.5, 0.6) is 5.88 Å². The van der Waals surface area contributed by atoms with E-state index in [1.54, 1.807) is 38.1 Å². The Morgan fingerprint density at radius 1 is 1.02 bits per heavy atom. The van der Waals surface area contributed by atoms with Crippen LogP contribution in [0.25, 0.3) is 16.9 Å². The van der Waals surface area contributed by atoms with Gasteiger partial charge in [-0.15, -0.1) is 0 Å². The number of ether oxygens (including phenoxy) is 1. The molecule has 11 nitrogen and oxygen atoms in total. The fourth-order valence-electron chi connectivity index (χ4n) is 4.32. The number of esters is 1. The summed E-state index contributed by atoms with van der Waals surface area (Å²) in [5.74, 6) is -3.17. The van der Waals surface area contributed by atoms with Gasteiger partial charge < -0.3 is 26.0 Å². The summed E-state index contributed by atoms with van der Waals surface area (Å²) in [5, 5.41) is 27.8. The van der Waals surface area contributed by atoms with Gasteiger partial charge >= 0.3 is 11.9 Å². The Bertz CT molecular complexity index is 1580. The summed E-state index contributed by atoms with van der Waals surface area (Å²) in [6.45, 7) is 3.44. The van der Waals surface area contributed by atoms with Crippen molar-refractivity contribution in [3.63, 3.8) is 0 Å². The van der Waals surface area contributed by atoms with Gasteiger partial charge in [-0.05, 0) is 53.3 Å². The fraction of sp³-hybridized carbons (Fsp3) is 0.258. The number of pyridine rings is 1. The molecule has 2 heterocycles. The molecule has 0 fully saturated rings. The van der Waals surface area contributed by atoms with Crippen molar-refractivity contribution >= 4 is 29.4 Å². The molecule has 0 aliphatic heterocycles. The Morgan fingerprint density at radius 2 is 1.77 bits per heavy atom. The van der Waals surface area contributed by atoms with E-state index in [4.69, 9.17) is 22.1 Å². The molecule has 12 heteroatoms. The minimum absolute atomic E-state index is 0.116. The second kappa shape index (κ2) is 14.0. The van der Waals surface area contributed by atoms with E-state index < -0.39 is 36.0 Å². The summed E-state index contributed by atoms with van der Waals surface area (Å²) in [6, 6.07) is 19.3. The Labute approximate surface area is 253 Å². The number of carboxylic acid groups (broad SMARTS) is 1. The van der Waals surface area contributed by atoms with Crippen LogP contribution in [0, 0.1) is 5.92 Å². The first-order valence-corrected chi connectivity index (χ1v) is 13.9. The maximum Gasteiger partial charge on any atom is 0.345 e. The third-order valence-corrected chi connectivity index (χ3v) is 6.98. The van der Waals surface area contributed by atoms with E-state index in [-0.39, 0.29) is 30.3 Å². The number of carbonyl (C=O) groups excluding carboxylic acids is 2. The minimum atomic E-state index is -1.58. The standard InChI is InChI=1S/C31H32ClN5O6/c1-18(2)28(33)31(42)43-25(30(40)41)16-23(14-19-9-11-20(12-10-19)21-6-5-7-22(32)15-21)35-29(39)24-17-27(38)37(36-24)26-8-3-4-13-34-26/h3-13,15,17-18,23,25,28,38H,14,16,33H2,1-2H3,(H,35,39)(H,40,41)/t23-,25-,28?/m1/s1. The second-order valence-electron chi connectivity index (χ2n) is 10.3. The molecule has 2 aromatic carbocycles. The van der Waals surface area contributed by atoms with Crippen molar-refractivity contribution in [2.75, 3.05) is 0 Å². The average Bonchev–Trinajstić information content (AvgIpc) is 3.38. The highest BCUT2D eigenvalue weighted by Crippen LogP contribution is 2.24. The summed E-state index contributed by atoms with van der Waals surface area (Å²) in [5.41, 5.74) is 8.38. The predicted octanol–water partition coefficient (Wildman–Crippen LogP) is 4.00. The average molecular weight is 606 g/mol. The van der Waals surface area contributed by atoms with Crippen LogP contribution in [0.4, 0.5) is 0 Å². The van der Waals surface area contributed by atoms with E-state index in [1.165, 1.54) is 12.3 Å². The van der Waals surface area contributed by atoms with Crippen LogP contribution >= 0.6 is 11.6 Å². The highest BCUT2D eigenvalue weighted by Gasteiger charge is 2.31. The van der Waals surface area contributed by atoms with Gasteiger partial charge in [-0.25, -0.2) is 9.78 Å². The zero-order valence-electron chi connectivity index (χ0n) is 23.6. The van der Waals surface area contributed by atoms with Gasteiger partial charge in [0.1, 0.15) is 6.04 Å². The first kappa shape index (κ1) is 31.2. The number of nitrogens with two attached hydrogens (primary N) is 1. The molecule has 0 bridgehead atoms. The second-order valence-corrected chi connectivity index (χ2v) is 10.8. The predicted molar refractivity (Wildman–Crippen MR) is 160 cm³/mol. The van der Waals surface area contributed by atoms with Gasteiger partial charge in [-0.3, -0.25) is 9.59 Å². The van der Waals surface area contributed by atoms with Crippen LogP contribution in [0.3, 0.4) is 0 Å². The number of carbonyl (C=O) groups is 3. The molecule has 0 saturated heterocycles. The summed E-state index contributed by atoms with van der Waals surface area (Å²) in [7, 11) is 0. The van der Waals surface area contributed by atoms with Crippen LogP contribution in [0.1, 0.15) is 36.3 Å². The molecule has 0 radical (unpaired) electrons. The number of benzene rings is 2. The van der Waals surface area contributed by atoms with Gasteiger partial charge in [0.15, 0.2) is 11.5 Å². The van der Waals surface area contributed by atoms with Crippen LogP contribution in [-0.2, 0) is 20.7 Å². The number of halogens is 1. The van der Waals surface area contributed by atoms with Crippen molar-refractivity contribution in [1.29, 1.82) is 0 Å². The number of aromatic hydroxyl groups is 1. The molecule has 0 saturated carbocycles. The van der Waals surface area contributed by atoms with E-state index in [0.717, 1.165) is 21.4 Å². The SMILES string of the molecule is CC(C)C(N)C(=O)O[C@H](C[C@@H](Cc1ccc(-c2cccc(Cl)c2)cc1)NC(=O)c1cc(O)n(-c2ccccn2)n1)C(=O)O. The number of aromatic nitrogens is 3. The summed E-state index contributed by atoms with van der Waals surface area (Å²) in [4.78, 5) is 42.0. The van der Waals surface area contributed by atoms with Gasteiger partial charge in [0.05, 0.1) is 0 Å². The number of hydrogen-bond donors (Lipinski definition) is 4. The first-order chi connectivity index (χ1) is 20.5. The number of hydrogen-bond acceptors (Lipinski definition) is 8. The molecular weight excluding hydrogens is 574 g/mol. The zero-order chi connectivity index (χ0) is 31.1. The van der Waals surface area contributed by atoms with Crippen LogP contribution in [-0.4, -0.2) is 61.0 Å². The lowest BCUT2D eigenvalue weighted by Gasteiger charge is -2.24. The Morgan fingerprint density at radius 3 is 2.40 bits per heavy atom. The van der Waals surface area contributed by atoms with E-state index in [0.29, 0.717) is 10.8 Å². The number of carboxylic acids is 1. The largest absolute Gasteiger partial charge is 0.493 e. The molecule has 224 valence electrons. The van der Waals surface area contributed by atoms with Crippen molar-refractivity contribution in [3.05, 3.63) is 95.3 Å². The van der Waals surface area contributed by atoms with Crippen LogP contribution in [0.2, 0.25) is 5.02 Å². The van der Waals surface area contributed by atoms with Crippen molar-refractivity contribution in [2.24, 2.45) is 11.7 Å². The normalized spacial score (nSPS) is 13.2. The Balaban J connectivity index is 1.57. The molecule has 0 aliphatic rings. The maximum absolute atomic E-state index is 13.3. The van der Waals surface area contributed by atoms with Gasteiger partial charge in [-0.1, -0.05) is 67.9 Å². The van der Waals surface area contributed by atoms with E-state index >= 15 is 0 Å². The highest BCUT2D eigenvalue weighted by atomic mass is 35.5. The van der Waals surface area contributed by atoms with Crippen LogP contribution < -0.4 is 11.1 Å². The molecule has 5 N–H and O–H groups in total. The van der Waals surface area contributed by atoms with Gasteiger partial charge in [-0.2, -0.15) is 9.78 Å². The van der Waals surface area contributed by atoms with Crippen LogP contribution in [0.15, 0.2) is 79.0 Å². The molecule has 0 spiro atoms. The van der Waals surface area contributed by atoms with E-state index in [9.17, 15) is 24.6 Å². The number of nitrogens with zero attached hydrogens (tertiary/aromatic N) is 3. The molecule has 3 atom stereocenters. The number of amides is 1. The lowest BCUT2D eigenvalue weighted by Crippen LogP contribution is -2.45. The van der Waals surface area contributed by atoms with Crippen molar-refractivity contribution < 1.29 is 29.3 Å². The quantitative estimate of drug-likeness (QED) is 0.174. The smallest absolute Gasteiger partial charge is 0.345 e. The number of rotatable bonds is 12. The summed E-state index contributed by atoms with van der Waals surface area (Å²) < 4.78 is 6.37. The van der Waals surface area contributed by atoms with E-state index in [2.05, 4.69) is 15.4 Å². The molecule has 43 heavy (non-hydrogen) atoms. The lowest BCUT2D eigenvalue weighted by atomic mass is 9.97. The maximum atomic E-state index is 13.3. The van der Waals surface area contributed by atoms with Gasteiger partial charge in [0, 0.05) is 29.7 Å². The number of aliphatic carboxylic acids is 1. The zero-order valence-corrected chi connectivity index (χ0v) is 24.3. The third kappa shape index (κ3) is 8.18. The minimum Gasteiger partial charge on any atom is -0.493 e. The molecule has 0 aliphatic carbocycles. The van der Waals surface area contributed by atoms with Gasteiger partial charge in [0.2, 0.25) is 12.0 Å². The van der Waals surface area contributed by atoms with Crippen molar-refractivity contribution in [1.82, 2.24) is 20.1 Å². The number of nitrogens with one attached hydrogen (secondary N) is 1. The topological polar surface area (TPSA) is 170 Å². The molecule has 1 amide bonds. The lowest BCUT2D eigenvalue weighted by molar-refractivity contribution is -0.166. The van der Waals surface area contributed by atoms with Crippen molar-refractivity contribution in [2.45, 2.75) is 44.9 Å². The summed E-state index contributed by atoms with van der Waals surface area (Å²) >= 11 is 6.13. The third-order valence-electron chi connectivity index (χ3n) is 6.74. The molecule has 4 aromatic rings. The molecule has 4 rings (SSSR count). The van der Waals surface area contributed by atoms with E-state index in [1.807, 2.05) is 42.5 Å².